The molecular weight excluding hydrogens is 962 g/mol. The number of nitrogens with two attached hydrogens (primary N) is 1. The minimum atomic E-state index is -4.79. The number of rotatable bonds is 16. The highest BCUT2D eigenvalue weighted by atomic mass is 19.4. The number of nitrogen functional groups attached to an aromatic ring is 1. The Morgan fingerprint density at radius 1 is 0.797 bits per heavy atom. The lowest BCUT2D eigenvalue weighted by atomic mass is 9.80. The molecule has 0 aromatic carbocycles. The Balaban J connectivity index is 1.00. The average Bonchev–Trinajstić information content (AvgIpc) is 3.99. The Morgan fingerprint density at radius 2 is 1.39 bits per heavy atom. The van der Waals surface area contributed by atoms with Gasteiger partial charge in [0.05, 0.1) is 23.7 Å². The molecule has 6 atom stereocenters. The van der Waals surface area contributed by atoms with Crippen molar-refractivity contribution in [2.75, 3.05) is 42.0 Å². The van der Waals surface area contributed by atoms with Crippen LogP contribution in [0.15, 0.2) is 49.1 Å². The third-order valence-corrected chi connectivity index (χ3v) is 15.4. The summed E-state index contributed by atoms with van der Waals surface area (Å²) in [5.41, 5.74) is 8.47. The van der Waals surface area contributed by atoms with Crippen LogP contribution in [0.4, 0.5) is 45.9 Å². The van der Waals surface area contributed by atoms with Crippen molar-refractivity contribution in [2.24, 2.45) is 37.8 Å². The number of hydrogen-bond acceptors (Lipinski definition) is 12. The third kappa shape index (κ3) is 11.3. The molecule has 2 saturated carbocycles. The van der Waals surface area contributed by atoms with Crippen molar-refractivity contribution >= 4 is 58.8 Å². The van der Waals surface area contributed by atoms with Gasteiger partial charge in [0, 0.05) is 72.0 Å². The number of nitrogens with one attached hydrogen (secondary N) is 3. The number of amides is 8. The molecule has 4 aromatic heterocycles. The van der Waals surface area contributed by atoms with E-state index < -0.39 is 83.8 Å². The standard InChI is InChI=1S/C51H67F3N14O6/c1-29-21-31(25-39(56-2)59-29)23-36-42(47(71)65(5)34-26-58-64(4)27-34)67(46(36)70)49(73)60-37(32-13-9-7-10-14-32)17-18-40-61-41(28-63(40)3)66(6)48(72)43-35(22-30-19-20-57-38(55)24-30)45(69)68(43)50(74)62-44(51(52,53)54)33-15-11-8-12-16-33/h19-21,24-28,32-33,35-37,42-44H,7-18,22-23H2,1-6H3,(H2,55,57)(H,56,59)(H,60,73)(H,62,74)/t35-,36-,37-,42+,43+,44+/m1/s1. The van der Waals surface area contributed by atoms with Crippen molar-refractivity contribution < 1.29 is 41.9 Å². The Kier molecular flexibility index (Phi) is 16.0. The van der Waals surface area contributed by atoms with Crippen molar-refractivity contribution in [3.05, 3.63) is 71.7 Å². The highest BCUT2D eigenvalue weighted by Crippen LogP contribution is 2.39. The number of hydrogen-bond donors (Lipinski definition) is 4. The van der Waals surface area contributed by atoms with E-state index in [0.29, 0.717) is 53.5 Å². The first kappa shape index (κ1) is 53.2. The fourth-order valence-electron chi connectivity index (χ4n) is 11.3. The van der Waals surface area contributed by atoms with Gasteiger partial charge in [-0.25, -0.2) is 24.5 Å². The number of urea groups is 2. The van der Waals surface area contributed by atoms with E-state index in [2.05, 4.69) is 31.0 Å². The molecule has 0 unspecified atom stereocenters. The van der Waals surface area contributed by atoms with E-state index in [4.69, 9.17) is 10.7 Å². The molecule has 2 aliphatic carbocycles. The van der Waals surface area contributed by atoms with Crippen molar-refractivity contribution in [1.29, 1.82) is 0 Å². The summed E-state index contributed by atoms with van der Waals surface area (Å²) in [5, 5.41) is 12.5. The average molecular weight is 1030 g/mol. The Bertz CT molecular complexity index is 2730. The van der Waals surface area contributed by atoms with Crippen LogP contribution in [0.3, 0.4) is 0 Å². The summed E-state index contributed by atoms with van der Waals surface area (Å²) in [6.45, 7) is 1.84. The van der Waals surface area contributed by atoms with Crippen LogP contribution in [0, 0.1) is 30.6 Å². The lowest BCUT2D eigenvalue weighted by molar-refractivity contribution is -0.170. The maximum absolute atomic E-state index is 14.6. The topological polar surface area (TPSA) is 239 Å². The molecule has 8 rings (SSSR count). The molecule has 6 heterocycles. The SMILES string of the molecule is CNc1cc(C[C@H]2C(=O)N(C(=O)N[C@H](CCc3nc(N(C)C(=O)[C@@H]4[C@@H](Cc5ccnc(N)c5)C(=O)N4C(=O)N[C@@H](C4CCCCC4)C(F)(F)F)cn3C)C3CCCCC3)[C@@H]2C(=O)N(C)c2cnn(C)c2)cc(C)n1. The van der Waals surface area contributed by atoms with Gasteiger partial charge in [0.2, 0.25) is 11.8 Å². The summed E-state index contributed by atoms with van der Waals surface area (Å²) in [7, 11) is 8.22. The van der Waals surface area contributed by atoms with Crippen molar-refractivity contribution in [3.63, 3.8) is 0 Å². The predicted molar refractivity (Wildman–Crippen MR) is 268 cm³/mol. The molecule has 398 valence electrons. The number of carbonyl (C=O) groups excluding carboxylic acids is 6. The number of aromatic nitrogens is 6. The lowest BCUT2D eigenvalue weighted by Gasteiger charge is -2.46. The number of carbonyl (C=O) groups is 6. The van der Waals surface area contributed by atoms with E-state index in [-0.39, 0.29) is 43.2 Å². The molecule has 74 heavy (non-hydrogen) atoms. The molecular formula is C51H67F3N14O6. The van der Waals surface area contributed by atoms with E-state index in [9.17, 15) is 41.9 Å². The fourth-order valence-corrected chi connectivity index (χ4v) is 11.3. The maximum atomic E-state index is 14.6. The zero-order valence-corrected chi connectivity index (χ0v) is 42.8. The van der Waals surface area contributed by atoms with E-state index in [1.807, 2.05) is 19.1 Å². The van der Waals surface area contributed by atoms with Gasteiger partial charge < -0.3 is 31.2 Å². The minimum Gasteiger partial charge on any atom is -0.384 e. The summed E-state index contributed by atoms with van der Waals surface area (Å²) >= 11 is 0. The van der Waals surface area contributed by atoms with Crippen LogP contribution in [-0.4, -0.2) is 126 Å². The Morgan fingerprint density at radius 3 is 1.97 bits per heavy atom. The minimum absolute atomic E-state index is 0.0333. The molecule has 20 nitrogen and oxygen atoms in total. The Hall–Kier alpha value is -7.07. The van der Waals surface area contributed by atoms with Gasteiger partial charge in [-0.1, -0.05) is 38.5 Å². The number of imidazole rings is 1. The first-order valence-electron chi connectivity index (χ1n) is 25.5. The van der Waals surface area contributed by atoms with Crippen molar-refractivity contribution in [2.45, 2.75) is 127 Å². The number of pyridine rings is 2. The quantitative estimate of drug-likeness (QED) is 0.103. The fraction of sp³-hybridized carbons (Fsp3) is 0.569. The second kappa shape index (κ2) is 22.2. The highest BCUT2D eigenvalue weighted by molar-refractivity contribution is 6.13. The molecule has 0 radical (unpaired) electrons. The van der Waals surface area contributed by atoms with Gasteiger partial charge in [-0.15, -0.1) is 0 Å². The number of nitrogens with zero attached hydrogens (tertiary/aromatic N) is 10. The molecule has 2 saturated heterocycles. The number of anilines is 4. The van der Waals surface area contributed by atoms with E-state index in [1.54, 1.807) is 55.9 Å². The van der Waals surface area contributed by atoms with Crippen LogP contribution in [0.5, 0.6) is 0 Å². The number of likely N-dealkylation sites (tertiary alicyclic amines) is 2. The molecule has 4 fully saturated rings. The van der Waals surface area contributed by atoms with E-state index >= 15 is 0 Å². The second-order valence-corrected chi connectivity index (χ2v) is 20.4. The smallest absolute Gasteiger partial charge is 0.384 e. The van der Waals surface area contributed by atoms with Gasteiger partial charge in [0.1, 0.15) is 35.6 Å². The number of β-lactam (4-membered cyclic amide) rings is 2. The van der Waals surface area contributed by atoms with Crippen LogP contribution in [0.1, 0.15) is 93.3 Å². The van der Waals surface area contributed by atoms with Gasteiger partial charge in [-0.05, 0) is 99.1 Å². The molecule has 0 spiro atoms. The zero-order chi connectivity index (χ0) is 53.2. The normalized spacial score (nSPS) is 21.3. The van der Waals surface area contributed by atoms with Crippen LogP contribution < -0.4 is 31.5 Å². The zero-order valence-electron chi connectivity index (χ0n) is 42.8. The van der Waals surface area contributed by atoms with E-state index in [0.717, 1.165) is 54.7 Å². The number of imide groups is 2. The van der Waals surface area contributed by atoms with Crippen molar-refractivity contribution in [3.8, 4) is 0 Å². The lowest BCUT2D eigenvalue weighted by Crippen LogP contribution is -2.71. The summed E-state index contributed by atoms with van der Waals surface area (Å²) in [5.74, 6) is -3.76. The third-order valence-electron chi connectivity index (χ3n) is 15.4. The molecule has 5 N–H and O–H groups in total. The van der Waals surface area contributed by atoms with Gasteiger partial charge >= 0.3 is 18.2 Å². The van der Waals surface area contributed by atoms with Crippen LogP contribution in [0.25, 0.3) is 0 Å². The molecule has 4 aromatic rings. The Labute approximate surface area is 428 Å². The summed E-state index contributed by atoms with van der Waals surface area (Å²) < 4.78 is 46.8. The van der Waals surface area contributed by atoms with Gasteiger partial charge in [-0.2, -0.15) is 18.3 Å². The van der Waals surface area contributed by atoms with Gasteiger partial charge in [0.25, 0.3) is 11.8 Å². The van der Waals surface area contributed by atoms with Crippen LogP contribution in [-0.2, 0) is 52.5 Å². The van der Waals surface area contributed by atoms with Gasteiger partial charge in [0.15, 0.2) is 5.82 Å². The largest absolute Gasteiger partial charge is 0.408 e. The molecule has 8 amide bonds. The number of likely N-dealkylation sites (N-methyl/N-ethyl adjacent to an activating group) is 2. The van der Waals surface area contributed by atoms with Crippen LogP contribution in [0.2, 0.25) is 0 Å². The maximum Gasteiger partial charge on any atom is 0.408 e. The van der Waals surface area contributed by atoms with Crippen LogP contribution >= 0.6 is 0 Å². The predicted octanol–water partition coefficient (Wildman–Crippen LogP) is 5.45. The molecule has 0 bridgehead atoms. The summed E-state index contributed by atoms with van der Waals surface area (Å²) in [6, 6.07) is -0.386. The number of alkyl halides is 3. The monoisotopic (exact) mass is 1030 g/mol. The van der Waals surface area contributed by atoms with E-state index in [1.165, 1.54) is 35.3 Å². The number of aryl methyl sites for hydroxylation is 4. The summed E-state index contributed by atoms with van der Waals surface area (Å²) in [4.78, 5) is 103. The molecule has 2 aliphatic heterocycles. The number of halogens is 3. The summed E-state index contributed by atoms with van der Waals surface area (Å²) in [6.07, 6.45) is 9.40. The van der Waals surface area contributed by atoms with Gasteiger partial charge in [-0.3, -0.25) is 38.6 Å². The molecule has 4 aliphatic rings. The van der Waals surface area contributed by atoms with Crippen molar-refractivity contribution in [1.82, 2.24) is 49.7 Å². The highest BCUT2D eigenvalue weighted by Gasteiger charge is 2.58. The first-order valence-corrected chi connectivity index (χ1v) is 25.5. The first-order chi connectivity index (χ1) is 35.2. The molecule has 23 heteroatoms. The second-order valence-electron chi connectivity index (χ2n) is 20.4.